The van der Waals surface area contributed by atoms with Crippen molar-refractivity contribution in [3.63, 3.8) is 0 Å². The van der Waals surface area contributed by atoms with Crippen molar-refractivity contribution in [2.75, 3.05) is 18.4 Å². The fourth-order valence-corrected chi connectivity index (χ4v) is 3.32. The number of amides is 1. The van der Waals surface area contributed by atoms with Crippen molar-refractivity contribution in [2.24, 2.45) is 0 Å². The summed E-state index contributed by atoms with van der Waals surface area (Å²) in [5.41, 5.74) is 1.06. The lowest BCUT2D eigenvalue weighted by atomic mass is 9.74. The molecule has 0 aromatic heterocycles. The van der Waals surface area contributed by atoms with Gasteiger partial charge in [-0.15, -0.1) is 12.4 Å². The van der Waals surface area contributed by atoms with E-state index in [-0.39, 0.29) is 24.1 Å². The number of halogens is 2. The Morgan fingerprint density at radius 3 is 2.85 bits per heavy atom. The summed E-state index contributed by atoms with van der Waals surface area (Å²) in [6, 6.07) is 5.01. The fourth-order valence-electron chi connectivity index (χ4n) is 3.32. The highest BCUT2D eigenvalue weighted by Crippen LogP contribution is 2.44. The van der Waals surface area contributed by atoms with Gasteiger partial charge in [0.05, 0.1) is 5.41 Å². The van der Waals surface area contributed by atoms with Gasteiger partial charge in [0.25, 0.3) is 0 Å². The zero-order valence-corrected chi connectivity index (χ0v) is 12.6. The summed E-state index contributed by atoms with van der Waals surface area (Å²) in [7, 11) is 0. The Kier molecular flexibility index (Phi) is 4.07. The third-order valence-electron chi connectivity index (χ3n) is 4.43. The number of hydrogen-bond donors (Lipinski definition) is 1. The summed E-state index contributed by atoms with van der Waals surface area (Å²) in [5.74, 6) is -0.241. The van der Waals surface area contributed by atoms with Crippen molar-refractivity contribution in [3.8, 4) is 0 Å². The van der Waals surface area contributed by atoms with Gasteiger partial charge in [-0.25, -0.2) is 4.39 Å². The van der Waals surface area contributed by atoms with Crippen molar-refractivity contribution in [2.45, 2.75) is 38.1 Å². The molecule has 1 aromatic rings. The van der Waals surface area contributed by atoms with Crippen molar-refractivity contribution < 1.29 is 9.18 Å². The van der Waals surface area contributed by atoms with E-state index in [2.05, 4.69) is 24.1 Å². The Balaban J connectivity index is 0.00000147. The van der Waals surface area contributed by atoms with Crippen LogP contribution in [0, 0.1) is 5.82 Å². The number of piperidine rings is 1. The minimum atomic E-state index is -0.556. The molecular weight excluding hydrogens is 279 g/mol. The van der Waals surface area contributed by atoms with E-state index in [1.807, 2.05) is 0 Å². The molecule has 2 heterocycles. The monoisotopic (exact) mass is 298 g/mol. The minimum absolute atomic E-state index is 0. The number of carbonyl (C=O) groups excluding carboxylic acids is 1. The molecule has 5 heteroatoms. The molecule has 1 atom stereocenters. The largest absolute Gasteiger partial charge is 0.325 e. The number of hydrogen-bond acceptors (Lipinski definition) is 2. The highest BCUT2D eigenvalue weighted by atomic mass is 35.5. The lowest BCUT2D eigenvalue weighted by Gasteiger charge is -2.41. The van der Waals surface area contributed by atoms with Crippen LogP contribution in [0.3, 0.4) is 0 Å². The minimum Gasteiger partial charge on any atom is -0.325 e. The molecule has 0 saturated carbocycles. The van der Waals surface area contributed by atoms with E-state index in [0.29, 0.717) is 12.6 Å². The molecule has 1 unspecified atom stereocenters. The highest BCUT2D eigenvalue weighted by molar-refractivity contribution is 6.06. The Morgan fingerprint density at radius 2 is 2.15 bits per heavy atom. The van der Waals surface area contributed by atoms with Crippen LogP contribution in [0.1, 0.15) is 32.3 Å². The standard InChI is InChI=1S/C15H19FN2O.ClH/c1-10(2)18-7-3-6-15(9-18)12-8-11(16)4-5-13(12)17-14(15)19;/h4-5,8,10H,3,6-7,9H2,1-2H3,(H,17,19);1H. The summed E-state index contributed by atoms with van der Waals surface area (Å²) in [4.78, 5) is 14.7. The topological polar surface area (TPSA) is 32.3 Å². The number of rotatable bonds is 1. The van der Waals surface area contributed by atoms with Crippen molar-refractivity contribution in [3.05, 3.63) is 29.6 Å². The van der Waals surface area contributed by atoms with Crippen LogP contribution in [0.5, 0.6) is 0 Å². The van der Waals surface area contributed by atoms with E-state index in [4.69, 9.17) is 0 Å². The number of likely N-dealkylation sites (tertiary alicyclic amines) is 1. The fraction of sp³-hybridized carbons (Fsp3) is 0.533. The SMILES string of the molecule is CC(C)N1CCCC2(C1)C(=O)Nc1ccc(F)cc12.Cl. The Labute approximate surface area is 124 Å². The van der Waals surface area contributed by atoms with E-state index >= 15 is 0 Å². The number of fused-ring (bicyclic) bond motifs is 2. The van der Waals surface area contributed by atoms with Gasteiger partial charge in [0.2, 0.25) is 5.91 Å². The molecule has 1 amide bonds. The van der Waals surface area contributed by atoms with Crippen LogP contribution in [-0.4, -0.2) is 29.9 Å². The lowest BCUT2D eigenvalue weighted by Crippen LogP contribution is -2.52. The smallest absolute Gasteiger partial charge is 0.236 e. The van der Waals surface area contributed by atoms with Gasteiger partial charge in [-0.05, 0) is 57.0 Å². The number of nitrogens with one attached hydrogen (secondary N) is 1. The van der Waals surface area contributed by atoms with Gasteiger partial charge in [-0.1, -0.05) is 0 Å². The molecule has 3 rings (SSSR count). The average Bonchev–Trinajstić information content (AvgIpc) is 2.63. The van der Waals surface area contributed by atoms with Crippen LogP contribution in [0.2, 0.25) is 0 Å². The molecule has 2 aliphatic rings. The molecule has 1 aromatic carbocycles. The number of nitrogens with zero attached hydrogens (tertiary/aromatic N) is 1. The first-order chi connectivity index (χ1) is 9.03. The highest BCUT2D eigenvalue weighted by Gasteiger charge is 2.49. The third kappa shape index (κ3) is 2.21. The first kappa shape index (κ1) is 15.3. The molecule has 3 nitrogen and oxygen atoms in total. The zero-order chi connectivity index (χ0) is 13.6. The predicted octanol–water partition coefficient (Wildman–Crippen LogP) is 2.94. The van der Waals surface area contributed by atoms with Gasteiger partial charge < -0.3 is 5.32 Å². The van der Waals surface area contributed by atoms with Crippen molar-refractivity contribution in [1.82, 2.24) is 4.90 Å². The molecule has 20 heavy (non-hydrogen) atoms. The second-order valence-electron chi connectivity index (χ2n) is 5.89. The van der Waals surface area contributed by atoms with Crippen LogP contribution in [0.4, 0.5) is 10.1 Å². The second-order valence-corrected chi connectivity index (χ2v) is 5.89. The Hall–Kier alpha value is -1.13. The van der Waals surface area contributed by atoms with Gasteiger partial charge in [-0.3, -0.25) is 9.69 Å². The second kappa shape index (κ2) is 5.34. The number of carbonyl (C=O) groups is 1. The molecule has 1 saturated heterocycles. The van der Waals surface area contributed by atoms with E-state index in [1.54, 1.807) is 6.07 Å². The summed E-state index contributed by atoms with van der Waals surface area (Å²) in [5, 5.41) is 2.91. The molecule has 1 N–H and O–H groups in total. The summed E-state index contributed by atoms with van der Waals surface area (Å²) in [6.45, 7) is 5.97. The van der Waals surface area contributed by atoms with Crippen LogP contribution in [-0.2, 0) is 10.2 Å². The Bertz CT molecular complexity index is 535. The maximum Gasteiger partial charge on any atom is 0.236 e. The van der Waals surface area contributed by atoms with Crippen LogP contribution in [0.15, 0.2) is 18.2 Å². The predicted molar refractivity (Wildman–Crippen MR) is 79.9 cm³/mol. The molecule has 110 valence electrons. The van der Waals surface area contributed by atoms with Gasteiger partial charge in [0, 0.05) is 18.3 Å². The van der Waals surface area contributed by atoms with Crippen molar-refractivity contribution in [1.29, 1.82) is 0 Å². The Morgan fingerprint density at radius 1 is 1.40 bits per heavy atom. The lowest BCUT2D eigenvalue weighted by molar-refractivity contribution is -0.123. The van der Waals surface area contributed by atoms with E-state index < -0.39 is 5.41 Å². The van der Waals surface area contributed by atoms with E-state index in [1.165, 1.54) is 12.1 Å². The number of anilines is 1. The molecule has 0 bridgehead atoms. The summed E-state index contributed by atoms with van der Waals surface area (Å²) >= 11 is 0. The number of benzene rings is 1. The van der Waals surface area contributed by atoms with Gasteiger partial charge in [0.1, 0.15) is 5.82 Å². The molecule has 1 spiro atoms. The van der Waals surface area contributed by atoms with Crippen molar-refractivity contribution >= 4 is 24.0 Å². The van der Waals surface area contributed by atoms with Crippen LogP contribution in [0.25, 0.3) is 0 Å². The first-order valence-corrected chi connectivity index (χ1v) is 6.88. The summed E-state index contributed by atoms with van der Waals surface area (Å²) < 4.78 is 13.5. The maximum absolute atomic E-state index is 13.5. The maximum atomic E-state index is 13.5. The average molecular weight is 299 g/mol. The zero-order valence-electron chi connectivity index (χ0n) is 11.8. The summed E-state index contributed by atoms with van der Waals surface area (Å²) in [6.07, 6.45) is 1.78. The van der Waals surface area contributed by atoms with E-state index in [9.17, 15) is 9.18 Å². The van der Waals surface area contributed by atoms with Gasteiger partial charge in [-0.2, -0.15) is 0 Å². The molecular formula is C15H20ClFN2O. The van der Waals surface area contributed by atoms with Gasteiger partial charge >= 0.3 is 0 Å². The van der Waals surface area contributed by atoms with Gasteiger partial charge in [0.15, 0.2) is 0 Å². The molecule has 0 aliphatic carbocycles. The molecule has 2 aliphatic heterocycles. The van der Waals surface area contributed by atoms with E-state index in [0.717, 1.165) is 30.6 Å². The quantitative estimate of drug-likeness (QED) is 0.864. The molecule has 0 radical (unpaired) electrons. The molecule has 1 fully saturated rings. The normalized spacial score (nSPS) is 25.5. The first-order valence-electron chi connectivity index (χ1n) is 6.88. The third-order valence-corrected chi connectivity index (χ3v) is 4.43. The van der Waals surface area contributed by atoms with Crippen LogP contribution < -0.4 is 5.32 Å². The van der Waals surface area contributed by atoms with Crippen LogP contribution >= 0.6 is 12.4 Å².